The van der Waals surface area contributed by atoms with Crippen molar-refractivity contribution in [3.8, 4) is 11.5 Å². The Bertz CT molecular complexity index is 457. The number of likely N-dealkylation sites (tertiary alicyclic amines) is 1. The average molecular weight is 320 g/mol. The summed E-state index contributed by atoms with van der Waals surface area (Å²) in [7, 11) is 3.90. The monoisotopic (exact) mass is 320 g/mol. The van der Waals surface area contributed by atoms with Crippen molar-refractivity contribution < 1.29 is 9.47 Å². The molecule has 1 aromatic rings. The molecule has 2 rings (SSSR count). The predicted molar refractivity (Wildman–Crippen MR) is 95.4 cm³/mol. The van der Waals surface area contributed by atoms with E-state index in [0.717, 1.165) is 31.1 Å². The van der Waals surface area contributed by atoms with Crippen molar-refractivity contribution in [2.24, 2.45) is 0 Å². The van der Waals surface area contributed by atoms with Crippen molar-refractivity contribution in [1.82, 2.24) is 10.2 Å². The normalized spacial score (nSPS) is 16.5. The van der Waals surface area contributed by atoms with Gasteiger partial charge in [-0.15, -0.1) is 0 Å². The maximum absolute atomic E-state index is 5.92. The number of methoxy groups -OCH3 is 1. The molecule has 0 atom stereocenters. The molecule has 0 aromatic heterocycles. The molecule has 0 saturated carbocycles. The first-order valence-electron chi connectivity index (χ1n) is 8.94. The highest BCUT2D eigenvalue weighted by molar-refractivity contribution is 5.43. The Balaban J connectivity index is 1.86. The second-order valence-electron chi connectivity index (χ2n) is 6.50. The number of hydrogen-bond acceptors (Lipinski definition) is 4. The number of rotatable bonds is 9. The lowest BCUT2D eigenvalue weighted by Gasteiger charge is -2.29. The van der Waals surface area contributed by atoms with Gasteiger partial charge in [0.2, 0.25) is 0 Å². The predicted octanol–water partition coefficient (Wildman–Crippen LogP) is 3.45. The number of benzene rings is 1. The van der Waals surface area contributed by atoms with E-state index in [1.807, 2.05) is 6.07 Å². The van der Waals surface area contributed by atoms with E-state index in [-0.39, 0.29) is 0 Å². The van der Waals surface area contributed by atoms with Gasteiger partial charge in [0.1, 0.15) is 0 Å². The van der Waals surface area contributed by atoms with Crippen molar-refractivity contribution in [2.75, 3.05) is 33.9 Å². The fraction of sp³-hybridized carbons (Fsp3) is 0.684. The van der Waals surface area contributed by atoms with Crippen molar-refractivity contribution in [3.63, 3.8) is 0 Å². The largest absolute Gasteiger partial charge is 0.493 e. The number of nitrogens with zero attached hydrogens (tertiary/aromatic N) is 1. The molecule has 0 aliphatic carbocycles. The van der Waals surface area contributed by atoms with Gasteiger partial charge < -0.3 is 19.7 Å². The molecule has 1 aromatic carbocycles. The maximum atomic E-state index is 5.92. The molecule has 0 unspecified atom stereocenters. The molecule has 4 heteroatoms. The molecular formula is C19H32N2O2. The highest BCUT2D eigenvalue weighted by Gasteiger charge is 2.16. The van der Waals surface area contributed by atoms with Crippen LogP contribution in [-0.4, -0.2) is 44.8 Å². The fourth-order valence-corrected chi connectivity index (χ4v) is 2.95. The smallest absolute Gasteiger partial charge is 0.161 e. The van der Waals surface area contributed by atoms with Crippen molar-refractivity contribution in [2.45, 2.75) is 51.6 Å². The zero-order chi connectivity index (χ0) is 16.5. The van der Waals surface area contributed by atoms with E-state index in [0.29, 0.717) is 6.04 Å². The molecule has 0 amide bonds. The molecule has 130 valence electrons. The molecule has 23 heavy (non-hydrogen) atoms. The van der Waals surface area contributed by atoms with Crippen LogP contribution in [0.4, 0.5) is 0 Å². The first-order chi connectivity index (χ1) is 11.2. The fourth-order valence-electron chi connectivity index (χ4n) is 2.95. The van der Waals surface area contributed by atoms with E-state index in [4.69, 9.17) is 9.47 Å². The van der Waals surface area contributed by atoms with Gasteiger partial charge in [-0.1, -0.05) is 25.8 Å². The third kappa shape index (κ3) is 6.04. The molecule has 0 radical (unpaired) electrons. The molecule has 1 aliphatic rings. The van der Waals surface area contributed by atoms with Crippen LogP contribution in [0.5, 0.6) is 11.5 Å². The van der Waals surface area contributed by atoms with Crippen molar-refractivity contribution in [1.29, 1.82) is 0 Å². The van der Waals surface area contributed by atoms with Crippen LogP contribution in [0.1, 0.15) is 44.6 Å². The van der Waals surface area contributed by atoms with E-state index in [1.54, 1.807) is 7.11 Å². The summed E-state index contributed by atoms with van der Waals surface area (Å²) in [5.74, 6) is 1.69. The lowest BCUT2D eigenvalue weighted by atomic mass is 10.1. The first-order valence-corrected chi connectivity index (χ1v) is 8.94. The Labute approximate surface area is 141 Å². The Morgan fingerprint density at radius 3 is 2.65 bits per heavy atom. The molecule has 1 aliphatic heterocycles. The van der Waals surface area contributed by atoms with Gasteiger partial charge in [0.25, 0.3) is 0 Å². The van der Waals surface area contributed by atoms with Crippen molar-refractivity contribution >= 4 is 0 Å². The van der Waals surface area contributed by atoms with Gasteiger partial charge in [-0.2, -0.15) is 0 Å². The van der Waals surface area contributed by atoms with Crippen LogP contribution in [0.15, 0.2) is 18.2 Å². The van der Waals surface area contributed by atoms with Crippen LogP contribution in [0.25, 0.3) is 0 Å². The van der Waals surface area contributed by atoms with E-state index in [1.165, 1.54) is 44.3 Å². The summed E-state index contributed by atoms with van der Waals surface area (Å²) in [6, 6.07) is 6.88. The third-order valence-corrected chi connectivity index (χ3v) is 4.55. The van der Waals surface area contributed by atoms with Crippen LogP contribution in [0.2, 0.25) is 0 Å². The summed E-state index contributed by atoms with van der Waals surface area (Å²) in [6.45, 7) is 6.23. The number of hydrogen-bond donors (Lipinski definition) is 1. The molecule has 1 saturated heterocycles. The molecular weight excluding hydrogens is 288 g/mol. The molecule has 0 bridgehead atoms. The first kappa shape index (κ1) is 18.1. The zero-order valence-electron chi connectivity index (χ0n) is 14.9. The summed E-state index contributed by atoms with van der Waals surface area (Å²) >= 11 is 0. The Kier molecular flexibility index (Phi) is 7.69. The SMILES string of the molecule is CCCCCOc1cc(CNC2CCN(C)CC2)ccc1OC. The van der Waals surface area contributed by atoms with Crippen molar-refractivity contribution in [3.05, 3.63) is 23.8 Å². The minimum atomic E-state index is 0.627. The summed E-state index contributed by atoms with van der Waals surface area (Å²) in [5.41, 5.74) is 1.26. The van der Waals surface area contributed by atoms with Crippen LogP contribution in [0.3, 0.4) is 0 Å². The summed E-state index contributed by atoms with van der Waals surface area (Å²) < 4.78 is 11.3. The minimum absolute atomic E-state index is 0.627. The molecule has 1 fully saturated rings. The van der Waals surface area contributed by atoms with Crippen LogP contribution in [-0.2, 0) is 6.54 Å². The van der Waals surface area contributed by atoms with E-state index in [2.05, 4.69) is 36.3 Å². The highest BCUT2D eigenvalue weighted by atomic mass is 16.5. The molecule has 1 N–H and O–H groups in total. The number of piperidine rings is 1. The number of unbranched alkanes of at least 4 members (excludes halogenated alkanes) is 2. The van der Waals surface area contributed by atoms with Crippen LogP contribution in [0, 0.1) is 0 Å². The summed E-state index contributed by atoms with van der Waals surface area (Å²) in [4.78, 5) is 2.40. The zero-order valence-corrected chi connectivity index (χ0v) is 14.9. The van der Waals surface area contributed by atoms with Crippen LogP contribution < -0.4 is 14.8 Å². The maximum Gasteiger partial charge on any atom is 0.161 e. The lowest BCUT2D eigenvalue weighted by Crippen LogP contribution is -2.40. The second-order valence-corrected chi connectivity index (χ2v) is 6.50. The lowest BCUT2D eigenvalue weighted by molar-refractivity contribution is 0.234. The van der Waals surface area contributed by atoms with Gasteiger partial charge >= 0.3 is 0 Å². The summed E-state index contributed by atoms with van der Waals surface area (Å²) in [5, 5.41) is 3.68. The Hall–Kier alpha value is -1.26. The number of ether oxygens (including phenoxy) is 2. The molecule has 1 heterocycles. The Morgan fingerprint density at radius 1 is 1.17 bits per heavy atom. The van der Waals surface area contributed by atoms with Gasteiger partial charge in [-0.05, 0) is 57.1 Å². The van der Waals surface area contributed by atoms with Crippen LogP contribution >= 0.6 is 0 Å². The highest BCUT2D eigenvalue weighted by Crippen LogP contribution is 2.28. The van der Waals surface area contributed by atoms with E-state index in [9.17, 15) is 0 Å². The Morgan fingerprint density at radius 2 is 1.96 bits per heavy atom. The topological polar surface area (TPSA) is 33.7 Å². The minimum Gasteiger partial charge on any atom is -0.493 e. The van der Waals surface area contributed by atoms with Gasteiger partial charge in [0.15, 0.2) is 11.5 Å². The van der Waals surface area contributed by atoms with Gasteiger partial charge in [0.05, 0.1) is 13.7 Å². The van der Waals surface area contributed by atoms with Gasteiger partial charge in [-0.25, -0.2) is 0 Å². The third-order valence-electron chi connectivity index (χ3n) is 4.55. The second kappa shape index (κ2) is 9.78. The van der Waals surface area contributed by atoms with E-state index < -0.39 is 0 Å². The van der Waals surface area contributed by atoms with Gasteiger partial charge in [0, 0.05) is 12.6 Å². The average Bonchev–Trinajstić information content (AvgIpc) is 2.58. The number of nitrogens with one attached hydrogen (secondary N) is 1. The van der Waals surface area contributed by atoms with E-state index >= 15 is 0 Å². The molecule has 0 spiro atoms. The van der Waals surface area contributed by atoms with Gasteiger partial charge in [-0.3, -0.25) is 0 Å². The summed E-state index contributed by atoms with van der Waals surface area (Å²) in [6.07, 6.45) is 5.97. The quantitative estimate of drug-likeness (QED) is 0.707. The standard InChI is InChI=1S/C19H32N2O2/c1-4-5-6-13-23-19-14-16(7-8-18(19)22-3)15-20-17-9-11-21(2)12-10-17/h7-8,14,17,20H,4-6,9-13,15H2,1-3H3. The molecule has 4 nitrogen and oxygen atoms in total.